The van der Waals surface area contributed by atoms with Crippen molar-refractivity contribution in [2.24, 2.45) is 0 Å². The minimum Gasteiger partial charge on any atom is 0 e. The molecule has 0 spiro atoms. The summed E-state index contributed by atoms with van der Waals surface area (Å²) in [5, 5.41) is 2.47. The van der Waals surface area contributed by atoms with Crippen LogP contribution in [0.5, 0.6) is 0 Å². The molecule has 0 bridgehead atoms. The molecule has 0 atom stereocenters. The molecular formula is C52H51FGeIrN4O-2. The van der Waals surface area contributed by atoms with Gasteiger partial charge in [-0.15, -0.1) is 18.2 Å². The zero-order valence-electron chi connectivity index (χ0n) is 36.0. The topological polar surface area (TPSA) is 56.7 Å². The van der Waals surface area contributed by atoms with E-state index in [1.807, 2.05) is 54.7 Å². The van der Waals surface area contributed by atoms with E-state index in [2.05, 4.69) is 130 Å². The molecule has 4 aromatic heterocycles. The number of imidazole rings is 1. The van der Waals surface area contributed by atoms with Crippen LogP contribution >= 0.6 is 0 Å². The Bertz CT molecular complexity index is 2940. The third kappa shape index (κ3) is 8.37. The Labute approximate surface area is 369 Å². The van der Waals surface area contributed by atoms with Crippen LogP contribution in [0.1, 0.15) is 77.0 Å². The van der Waals surface area contributed by atoms with Crippen LogP contribution in [0.4, 0.5) is 4.39 Å². The molecule has 0 amide bonds. The molecule has 0 aliphatic rings. The van der Waals surface area contributed by atoms with Crippen LogP contribution in [0.2, 0.25) is 17.3 Å². The fourth-order valence-corrected chi connectivity index (χ4v) is 9.86. The predicted octanol–water partition coefficient (Wildman–Crippen LogP) is 13.7. The van der Waals surface area contributed by atoms with Crippen molar-refractivity contribution in [3.05, 3.63) is 150 Å². The Hall–Kier alpha value is -4.95. The SMILES string of the molecule is CC(C)c1cc(C(C)(C)C)cc(C(C)C)c1-n1c(-c2[c-]ccc3c2oc2nc4ccc(F)cc4cc23)nc2ccccc21.[CH3][Ge]([CH3])([CH3])[c]1ccc(-c2[c-]cccc2)nc1.[Ir]. The van der Waals surface area contributed by atoms with Gasteiger partial charge >= 0.3 is 99.8 Å². The second-order valence-electron chi connectivity index (χ2n) is 18.2. The Kier molecular flexibility index (Phi) is 12.1. The first-order valence-electron chi connectivity index (χ1n) is 20.5. The van der Waals surface area contributed by atoms with Gasteiger partial charge in [-0.1, -0.05) is 83.7 Å². The van der Waals surface area contributed by atoms with E-state index in [1.54, 1.807) is 6.07 Å². The third-order valence-corrected chi connectivity index (χ3v) is 15.3. The van der Waals surface area contributed by atoms with Crippen molar-refractivity contribution in [3.8, 4) is 28.3 Å². The van der Waals surface area contributed by atoms with Crippen molar-refractivity contribution in [3.63, 3.8) is 0 Å². The van der Waals surface area contributed by atoms with Crippen LogP contribution in [0.15, 0.2) is 120 Å². The summed E-state index contributed by atoms with van der Waals surface area (Å²) in [6, 6.07) is 42.5. The van der Waals surface area contributed by atoms with Gasteiger partial charge in [0.1, 0.15) is 5.82 Å². The number of benzene rings is 5. The fraction of sp³-hybridized carbons (Fsp3) is 0.250. The molecule has 0 aliphatic carbocycles. The second kappa shape index (κ2) is 16.8. The van der Waals surface area contributed by atoms with Crippen molar-refractivity contribution >= 4 is 61.7 Å². The van der Waals surface area contributed by atoms with E-state index in [0.717, 1.165) is 49.8 Å². The standard InChI is InChI=1S/C38H35FN3O.C14H16GeN.Ir/c1-21(2)28-19-24(38(5,6)7)20-29(22(3)4)34(28)42-33-14-9-8-13-32(33)40-36(42)27-12-10-11-26-30-18-23-17-25(39)15-16-31(23)41-37(30)43-35(26)27;1-15(2,3)13-9-10-14(16-11-13)12-7-5-4-6-8-12;/h8-11,13-22H,1-7H3;4-7,9-11H,1-3H3;/q2*-1;. The second-order valence-corrected chi connectivity index (χ2v) is 28.8. The number of pyridine rings is 2. The van der Waals surface area contributed by atoms with Gasteiger partial charge in [-0.05, 0) is 70.3 Å². The Morgan fingerprint density at radius 3 is 2.08 bits per heavy atom. The number of rotatable bonds is 6. The van der Waals surface area contributed by atoms with Gasteiger partial charge in [0.15, 0.2) is 0 Å². The van der Waals surface area contributed by atoms with Gasteiger partial charge in [0.05, 0.1) is 28.0 Å². The molecule has 8 heteroatoms. The van der Waals surface area contributed by atoms with Crippen LogP contribution in [-0.2, 0) is 25.5 Å². The molecule has 5 nitrogen and oxygen atoms in total. The number of aromatic nitrogens is 4. The van der Waals surface area contributed by atoms with E-state index in [-0.39, 0.29) is 43.2 Å². The molecule has 9 aromatic rings. The zero-order valence-corrected chi connectivity index (χ0v) is 40.5. The summed E-state index contributed by atoms with van der Waals surface area (Å²) in [5.41, 5.74) is 11.7. The minimum absolute atomic E-state index is 0. The third-order valence-electron chi connectivity index (χ3n) is 11.1. The quantitative estimate of drug-likeness (QED) is 0.123. The van der Waals surface area contributed by atoms with Gasteiger partial charge < -0.3 is 8.98 Å². The molecule has 9 rings (SSSR count). The van der Waals surface area contributed by atoms with Gasteiger partial charge in [0.2, 0.25) is 5.71 Å². The molecule has 0 fully saturated rings. The monoisotopic (exact) mass is 1030 g/mol. The first-order valence-corrected chi connectivity index (χ1v) is 27.9. The molecule has 1 radical (unpaired) electrons. The van der Waals surface area contributed by atoms with Gasteiger partial charge in [-0.25, -0.2) is 9.37 Å². The van der Waals surface area contributed by atoms with Gasteiger partial charge in [-0.3, -0.25) is 4.98 Å². The van der Waals surface area contributed by atoms with E-state index in [9.17, 15) is 4.39 Å². The van der Waals surface area contributed by atoms with Crippen LogP contribution in [-0.4, -0.2) is 32.8 Å². The number of furan rings is 1. The molecule has 0 unspecified atom stereocenters. The van der Waals surface area contributed by atoms with E-state index in [0.29, 0.717) is 16.8 Å². The average Bonchev–Trinajstić information content (AvgIpc) is 3.77. The number of halogens is 1. The Morgan fingerprint density at radius 1 is 0.733 bits per heavy atom. The molecule has 5 aromatic carbocycles. The molecule has 0 saturated carbocycles. The van der Waals surface area contributed by atoms with Gasteiger partial charge in [0.25, 0.3) is 0 Å². The Balaban J connectivity index is 0.000000270. The molecule has 0 N–H and O–H groups in total. The van der Waals surface area contributed by atoms with Crippen LogP contribution in [0.3, 0.4) is 0 Å². The smallest absolute Gasteiger partial charge is 0 e. The summed E-state index contributed by atoms with van der Waals surface area (Å²) in [4.78, 5) is 14.5. The van der Waals surface area contributed by atoms with Crippen LogP contribution in [0.25, 0.3) is 72.3 Å². The summed E-state index contributed by atoms with van der Waals surface area (Å²) in [7, 11) is 0. The van der Waals surface area contributed by atoms with Crippen molar-refractivity contribution < 1.29 is 28.9 Å². The molecule has 0 aliphatic heterocycles. The van der Waals surface area contributed by atoms with Crippen molar-refractivity contribution in [2.45, 2.75) is 83.0 Å². The van der Waals surface area contributed by atoms with E-state index < -0.39 is 13.3 Å². The van der Waals surface area contributed by atoms with E-state index >= 15 is 0 Å². The summed E-state index contributed by atoms with van der Waals surface area (Å²) in [5.74, 6) is 8.19. The first kappa shape index (κ1) is 43.2. The summed E-state index contributed by atoms with van der Waals surface area (Å²) in [6.45, 7) is 15.9. The summed E-state index contributed by atoms with van der Waals surface area (Å²) in [6.07, 6.45) is 2.04. The first-order chi connectivity index (χ1) is 28.1. The van der Waals surface area contributed by atoms with E-state index in [1.165, 1.54) is 38.9 Å². The minimum atomic E-state index is -1.72. The zero-order chi connectivity index (χ0) is 41.8. The van der Waals surface area contributed by atoms with Crippen LogP contribution < -0.4 is 4.40 Å². The maximum atomic E-state index is 14.1. The summed E-state index contributed by atoms with van der Waals surface area (Å²) >= 11 is -1.72. The maximum Gasteiger partial charge on any atom is 0 e. The fourth-order valence-electron chi connectivity index (χ4n) is 7.69. The number of fused-ring (bicyclic) bond motifs is 5. The molecular weight excluding hydrogens is 980 g/mol. The largest absolute Gasteiger partial charge is 0 e. The summed E-state index contributed by atoms with van der Waals surface area (Å²) < 4.78 is 24.3. The number of hydrogen-bond acceptors (Lipinski definition) is 4. The maximum absolute atomic E-state index is 14.1. The van der Waals surface area contributed by atoms with Crippen molar-refractivity contribution in [1.82, 2.24) is 19.5 Å². The van der Waals surface area contributed by atoms with Crippen molar-refractivity contribution in [1.29, 1.82) is 0 Å². The molecule has 60 heavy (non-hydrogen) atoms. The molecule has 307 valence electrons. The number of para-hydroxylation sites is 2. The van der Waals surface area contributed by atoms with Crippen molar-refractivity contribution in [2.75, 3.05) is 0 Å². The van der Waals surface area contributed by atoms with E-state index in [4.69, 9.17) is 14.4 Å². The Morgan fingerprint density at radius 2 is 1.45 bits per heavy atom. The average molecular weight is 1030 g/mol. The predicted molar refractivity (Wildman–Crippen MR) is 246 cm³/mol. The normalized spacial score (nSPS) is 12.1. The molecule has 4 heterocycles. The van der Waals surface area contributed by atoms with Gasteiger partial charge in [0, 0.05) is 36.6 Å². The van der Waals surface area contributed by atoms with Gasteiger partial charge in [-0.2, -0.15) is 0 Å². The number of nitrogens with zero attached hydrogens (tertiary/aromatic N) is 4. The molecule has 0 saturated heterocycles. The number of hydrogen-bond donors (Lipinski definition) is 0. The van der Waals surface area contributed by atoms with Crippen LogP contribution in [0, 0.1) is 17.9 Å².